The van der Waals surface area contributed by atoms with Crippen molar-refractivity contribution < 1.29 is 4.39 Å². The Morgan fingerprint density at radius 1 is 1.45 bits per heavy atom. The van der Waals surface area contributed by atoms with E-state index in [0.29, 0.717) is 11.3 Å². The molecule has 0 aliphatic heterocycles. The highest BCUT2D eigenvalue weighted by Gasteiger charge is 2.02. The molecule has 0 aromatic heterocycles. The lowest BCUT2D eigenvalue weighted by Gasteiger charge is -2.04. The van der Waals surface area contributed by atoms with Gasteiger partial charge in [0.15, 0.2) is 0 Å². The van der Waals surface area contributed by atoms with E-state index < -0.39 is 6.17 Å². The fourth-order valence-corrected chi connectivity index (χ4v) is 0.906. The Morgan fingerprint density at radius 3 is 2.55 bits per heavy atom. The van der Waals surface area contributed by atoms with Crippen LogP contribution >= 0.6 is 0 Å². The Balaban J connectivity index is 3.05. The number of halogens is 1. The van der Waals surface area contributed by atoms with Crippen molar-refractivity contribution in [2.24, 2.45) is 0 Å². The number of hydrogen-bond donors (Lipinski definition) is 1. The maximum absolute atomic E-state index is 12.7. The van der Waals surface area contributed by atoms with Crippen LogP contribution in [0.25, 0.3) is 0 Å². The molecule has 0 fully saturated rings. The highest BCUT2D eigenvalue weighted by Crippen LogP contribution is 2.20. The third kappa shape index (κ3) is 1.70. The summed E-state index contributed by atoms with van der Waals surface area (Å²) in [4.78, 5) is 0. The second-order valence-corrected chi connectivity index (χ2v) is 2.73. The summed E-state index contributed by atoms with van der Waals surface area (Å²) in [5.41, 5.74) is 7.89. The fraction of sp³-hybridized carbons (Fsp3) is 0.333. The van der Waals surface area contributed by atoms with Gasteiger partial charge in [0, 0.05) is 5.69 Å². The SMILES string of the molecule is Cc1ccc(C(C)F)cc1N. The van der Waals surface area contributed by atoms with Gasteiger partial charge >= 0.3 is 0 Å². The van der Waals surface area contributed by atoms with Gasteiger partial charge in [-0.1, -0.05) is 12.1 Å². The zero-order valence-corrected chi connectivity index (χ0v) is 6.76. The van der Waals surface area contributed by atoms with Gasteiger partial charge in [-0.05, 0) is 31.0 Å². The maximum atomic E-state index is 12.7. The molecule has 60 valence electrons. The van der Waals surface area contributed by atoms with E-state index in [1.54, 1.807) is 12.1 Å². The third-order valence-corrected chi connectivity index (χ3v) is 1.76. The fourth-order valence-electron chi connectivity index (χ4n) is 0.906. The lowest BCUT2D eigenvalue weighted by molar-refractivity contribution is 0.374. The number of anilines is 1. The summed E-state index contributed by atoms with van der Waals surface area (Å²) in [6.07, 6.45) is -0.932. The van der Waals surface area contributed by atoms with Crippen molar-refractivity contribution in [2.45, 2.75) is 20.0 Å². The normalized spacial score (nSPS) is 13.0. The molecule has 0 bridgehead atoms. The van der Waals surface area contributed by atoms with E-state index in [-0.39, 0.29) is 0 Å². The minimum absolute atomic E-state index is 0.646. The van der Waals surface area contributed by atoms with E-state index in [4.69, 9.17) is 5.73 Å². The van der Waals surface area contributed by atoms with E-state index in [2.05, 4.69) is 0 Å². The molecule has 0 saturated heterocycles. The van der Waals surface area contributed by atoms with Crippen LogP contribution in [-0.4, -0.2) is 0 Å². The molecular formula is C9H12FN. The number of hydrogen-bond acceptors (Lipinski definition) is 1. The molecule has 0 saturated carbocycles. The summed E-state index contributed by atoms with van der Waals surface area (Å²) in [6.45, 7) is 3.41. The number of alkyl halides is 1. The van der Waals surface area contributed by atoms with Crippen LogP contribution in [0.1, 0.15) is 24.2 Å². The number of nitrogens with two attached hydrogens (primary N) is 1. The number of benzene rings is 1. The van der Waals surface area contributed by atoms with Crippen molar-refractivity contribution >= 4 is 5.69 Å². The number of nitrogen functional groups attached to an aromatic ring is 1. The van der Waals surface area contributed by atoms with Crippen molar-refractivity contribution in [1.29, 1.82) is 0 Å². The molecule has 11 heavy (non-hydrogen) atoms. The van der Waals surface area contributed by atoms with Crippen molar-refractivity contribution in [1.82, 2.24) is 0 Å². The number of rotatable bonds is 1. The van der Waals surface area contributed by atoms with Gasteiger partial charge in [-0.15, -0.1) is 0 Å². The molecule has 0 amide bonds. The molecular weight excluding hydrogens is 141 g/mol. The summed E-state index contributed by atoms with van der Waals surface area (Å²) in [6, 6.07) is 5.27. The van der Waals surface area contributed by atoms with E-state index in [1.165, 1.54) is 6.92 Å². The van der Waals surface area contributed by atoms with E-state index in [9.17, 15) is 4.39 Å². The lowest BCUT2D eigenvalue weighted by atomic mass is 10.1. The average molecular weight is 153 g/mol. The van der Waals surface area contributed by atoms with Gasteiger partial charge in [0.2, 0.25) is 0 Å². The van der Waals surface area contributed by atoms with E-state index in [1.807, 2.05) is 13.0 Å². The Hall–Kier alpha value is -1.05. The first kappa shape index (κ1) is 8.05. The lowest BCUT2D eigenvalue weighted by Crippen LogP contribution is -1.92. The summed E-state index contributed by atoms with van der Waals surface area (Å²) >= 11 is 0. The van der Waals surface area contributed by atoms with E-state index >= 15 is 0 Å². The molecule has 1 aromatic carbocycles. The zero-order valence-electron chi connectivity index (χ0n) is 6.76. The topological polar surface area (TPSA) is 26.0 Å². The predicted molar refractivity (Wildman–Crippen MR) is 45.1 cm³/mol. The van der Waals surface area contributed by atoms with Gasteiger partial charge in [0.25, 0.3) is 0 Å². The Labute approximate surface area is 66.0 Å². The van der Waals surface area contributed by atoms with Gasteiger partial charge in [-0.3, -0.25) is 0 Å². The summed E-state index contributed by atoms with van der Waals surface area (Å²) in [7, 11) is 0. The molecule has 0 aliphatic rings. The van der Waals surface area contributed by atoms with Crippen molar-refractivity contribution in [2.75, 3.05) is 5.73 Å². The Bertz CT molecular complexity index is 256. The highest BCUT2D eigenvalue weighted by molar-refractivity contribution is 5.48. The molecule has 1 atom stereocenters. The van der Waals surface area contributed by atoms with Gasteiger partial charge < -0.3 is 5.73 Å². The second kappa shape index (κ2) is 2.91. The summed E-state index contributed by atoms with van der Waals surface area (Å²) in [5.74, 6) is 0. The van der Waals surface area contributed by atoms with Crippen LogP contribution in [0.5, 0.6) is 0 Å². The first-order chi connectivity index (χ1) is 5.11. The van der Waals surface area contributed by atoms with Crippen LogP contribution in [0.3, 0.4) is 0 Å². The minimum atomic E-state index is -0.932. The maximum Gasteiger partial charge on any atom is 0.122 e. The minimum Gasteiger partial charge on any atom is -0.399 e. The van der Waals surface area contributed by atoms with Crippen LogP contribution in [0.2, 0.25) is 0 Å². The highest BCUT2D eigenvalue weighted by atomic mass is 19.1. The standard InChI is InChI=1S/C9H12FN/c1-6-3-4-8(7(2)10)5-9(6)11/h3-5,7H,11H2,1-2H3. The molecule has 0 heterocycles. The van der Waals surface area contributed by atoms with Gasteiger partial charge in [0.1, 0.15) is 6.17 Å². The third-order valence-electron chi connectivity index (χ3n) is 1.76. The van der Waals surface area contributed by atoms with Gasteiger partial charge in [0.05, 0.1) is 0 Å². The quantitative estimate of drug-likeness (QED) is 0.616. The summed E-state index contributed by atoms with van der Waals surface area (Å²) in [5, 5.41) is 0. The zero-order chi connectivity index (χ0) is 8.43. The second-order valence-electron chi connectivity index (χ2n) is 2.73. The molecule has 2 N–H and O–H groups in total. The van der Waals surface area contributed by atoms with Crippen molar-refractivity contribution in [3.63, 3.8) is 0 Å². The number of aryl methyl sites for hydroxylation is 1. The van der Waals surface area contributed by atoms with E-state index in [0.717, 1.165) is 5.56 Å². The first-order valence-corrected chi connectivity index (χ1v) is 3.61. The van der Waals surface area contributed by atoms with Crippen LogP contribution in [0, 0.1) is 6.92 Å². The molecule has 1 aromatic rings. The van der Waals surface area contributed by atoms with Crippen molar-refractivity contribution in [3.05, 3.63) is 29.3 Å². The monoisotopic (exact) mass is 153 g/mol. The molecule has 0 spiro atoms. The van der Waals surface area contributed by atoms with Crippen LogP contribution < -0.4 is 5.73 Å². The molecule has 0 aliphatic carbocycles. The summed E-state index contributed by atoms with van der Waals surface area (Å²) < 4.78 is 12.7. The van der Waals surface area contributed by atoms with Crippen LogP contribution in [0.4, 0.5) is 10.1 Å². The smallest absolute Gasteiger partial charge is 0.122 e. The van der Waals surface area contributed by atoms with Gasteiger partial charge in [-0.2, -0.15) is 0 Å². The molecule has 1 rings (SSSR count). The largest absolute Gasteiger partial charge is 0.399 e. The molecule has 2 heteroatoms. The Kier molecular flexibility index (Phi) is 2.13. The predicted octanol–water partition coefficient (Wildman–Crippen LogP) is 2.61. The molecule has 1 nitrogen and oxygen atoms in total. The van der Waals surface area contributed by atoms with Crippen LogP contribution in [-0.2, 0) is 0 Å². The van der Waals surface area contributed by atoms with Crippen LogP contribution in [0.15, 0.2) is 18.2 Å². The molecule has 0 radical (unpaired) electrons. The first-order valence-electron chi connectivity index (χ1n) is 3.61. The average Bonchev–Trinajstić information content (AvgIpc) is 1.94. The molecule has 1 unspecified atom stereocenters. The Morgan fingerprint density at radius 2 is 2.09 bits per heavy atom. The van der Waals surface area contributed by atoms with Crippen molar-refractivity contribution in [3.8, 4) is 0 Å². The van der Waals surface area contributed by atoms with Gasteiger partial charge in [-0.25, -0.2) is 4.39 Å².